The number of hydrogen-bond donors (Lipinski definition) is 2. The maximum atomic E-state index is 3.69. The van der Waals surface area contributed by atoms with E-state index in [0.717, 1.165) is 28.8 Å². The van der Waals surface area contributed by atoms with Gasteiger partial charge in [0.1, 0.15) is 0 Å². The smallest absolute Gasteiger partial charge is 0.0583 e. The van der Waals surface area contributed by atoms with Gasteiger partial charge in [-0.3, -0.25) is 0 Å². The van der Waals surface area contributed by atoms with Gasteiger partial charge < -0.3 is 9.97 Å². The average molecular weight is 669 g/mol. The Kier molecular flexibility index (Phi) is 6.51. The van der Waals surface area contributed by atoms with Gasteiger partial charge in [0.15, 0.2) is 0 Å². The molecule has 0 saturated carbocycles. The third-order valence-electron chi connectivity index (χ3n) is 9.47. The van der Waals surface area contributed by atoms with Crippen molar-refractivity contribution >= 4 is 67.5 Å². The van der Waals surface area contributed by atoms with Gasteiger partial charge in [0.25, 0.3) is 0 Å². The van der Waals surface area contributed by atoms with Crippen molar-refractivity contribution in [1.82, 2.24) is 9.97 Å². The van der Waals surface area contributed by atoms with Crippen molar-refractivity contribution in [3.05, 3.63) is 153 Å². The van der Waals surface area contributed by atoms with Crippen LogP contribution in [-0.4, -0.2) is 9.97 Å². The van der Waals surface area contributed by atoms with Crippen LogP contribution in [0.1, 0.15) is 16.0 Å². The molecule has 5 aromatic heterocycles. The molecule has 4 aromatic carbocycles. The topological polar surface area (TPSA) is 31.6 Å². The molecule has 0 atom stereocenters. The van der Waals surface area contributed by atoms with Gasteiger partial charge in [0.05, 0.1) is 21.1 Å². The van der Waals surface area contributed by atoms with Crippen molar-refractivity contribution in [2.45, 2.75) is 6.42 Å². The summed E-state index contributed by atoms with van der Waals surface area (Å²) < 4.78 is 0. The lowest BCUT2D eigenvalue weighted by molar-refractivity contribution is 1.33. The van der Waals surface area contributed by atoms with Gasteiger partial charge in [-0.15, -0.1) is 34.0 Å². The Balaban J connectivity index is 1.15. The predicted molar refractivity (Wildman–Crippen MR) is 209 cm³/mol. The lowest BCUT2D eigenvalue weighted by Crippen LogP contribution is -1.89. The summed E-state index contributed by atoms with van der Waals surface area (Å²) in [5.74, 6) is 0. The van der Waals surface area contributed by atoms with Crippen LogP contribution in [0.5, 0.6) is 0 Å². The summed E-state index contributed by atoms with van der Waals surface area (Å²) in [6.45, 7) is 0. The number of fused-ring (bicyclic) bond motifs is 3. The van der Waals surface area contributed by atoms with E-state index in [1.165, 1.54) is 75.5 Å². The van der Waals surface area contributed by atoms with Gasteiger partial charge in [0, 0.05) is 37.8 Å². The van der Waals surface area contributed by atoms with Crippen LogP contribution in [0.2, 0.25) is 0 Å². The molecule has 0 amide bonds. The Morgan fingerprint density at radius 3 is 1.48 bits per heavy atom. The second-order valence-corrected chi connectivity index (χ2v) is 15.1. The molecule has 0 spiro atoms. The molecule has 228 valence electrons. The highest BCUT2D eigenvalue weighted by Crippen LogP contribution is 2.46. The van der Waals surface area contributed by atoms with Crippen LogP contribution in [0.3, 0.4) is 0 Å². The first-order chi connectivity index (χ1) is 23.7. The lowest BCUT2D eigenvalue weighted by Gasteiger charge is -2.13. The van der Waals surface area contributed by atoms with Crippen molar-refractivity contribution in [2.24, 2.45) is 0 Å². The van der Waals surface area contributed by atoms with E-state index in [2.05, 4.69) is 154 Å². The molecular formula is C43H28N2S3. The van der Waals surface area contributed by atoms with Crippen molar-refractivity contribution in [2.75, 3.05) is 0 Å². The molecule has 9 aromatic rings. The van der Waals surface area contributed by atoms with Crippen LogP contribution in [0.4, 0.5) is 0 Å². The zero-order valence-electron chi connectivity index (χ0n) is 25.8. The number of rotatable bonds is 6. The molecule has 2 nitrogen and oxygen atoms in total. The fourth-order valence-corrected chi connectivity index (χ4v) is 9.90. The van der Waals surface area contributed by atoms with Gasteiger partial charge >= 0.3 is 0 Å². The number of nitrogens with one attached hydrogen (secondary N) is 2. The summed E-state index contributed by atoms with van der Waals surface area (Å²) in [6, 6.07) is 44.5. The van der Waals surface area contributed by atoms with Gasteiger partial charge in [-0.2, -0.15) is 0 Å². The first kappa shape index (κ1) is 27.9. The molecule has 5 heterocycles. The molecule has 1 aliphatic rings. The van der Waals surface area contributed by atoms with Crippen molar-refractivity contribution in [3.8, 4) is 54.5 Å². The number of para-hydroxylation sites is 2. The molecule has 0 aliphatic heterocycles. The standard InChI is InChI=1S/C43H28N2S3/c1-2-8-27-20-33(19-26(27)7-1)41-34(13-16-46-41)30-21-31(35-14-17-47-42(35)39-24-28-9-3-5-11-37(28)44-39)23-32(22-30)36-15-18-48-43(36)40-25-29-10-4-6-12-38(29)45-40/h1-19,21-25,44-45H,20H2. The number of allylic oxidation sites excluding steroid dienone is 1. The molecule has 5 heteroatoms. The normalized spacial score (nSPS) is 12.6. The summed E-state index contributed by atoms with van der Waals surface area (Å²) in [5, 5.41) is 9.16. The van der Waals surface area contributed by atoms with Gasteiger partial charge in [-0.25, -0.2) is 0 Å². The first-order valence-electron chi connectivity index (χ1n) is 16.1. The van der Waals surface area contributed by atoms with Gasteiger partial charge in [-0.1, -0.05) is 60.7 Å². The van der Waals surface area contributed by atoms with Crippen molar-refractivity contribution < 1.29 is 0 Å². The maximum absolute atomic E-state index is 3.69. The zero-order chi connectivity index (χ0) is 31.6. The van der Waals surface area contributed by atoms with Crippen molar-refractivity contribution in [1.29, 1.82) is 0 Å². The number of aromatic nitrogens is 2. The third kappa shape index (κ3) is 4.66. The summed E-state index contributed by atoms with van der Waals surface area (Å²) >= 11 is 5.44. The van der Waals surface area contributed by atoms with E-state index in [-0.39, 0.29) is 0 Å². The van der Waals surface area contributed by atoms with E-state index in [0.29, 0.717) is 0 Å². The minimum atomic E-state index is 0.973. The van der Waals surface area contributed by atoms with Crippen LogP contribution < -0.4 is 0 Å². The molecule has 2 N–H and O–H groups in total. The molecule has 0 saturated heterocycles. The molecular weight excluding hydrogens is 641 g/mol. The largest absolute Gasteiger partial charge is 0.354 e. The molecule has 1 aliphatic carbocycles. The van der Waals surface area contributed by atoms with E-state index < -0.39 is 0 Å². The number of aromatic amines is 2. The highest BCUT2D eigenvalue weighted by atomic mass is 32.1. The Morgan fingerprint density at radius 2 is 0.938 bits per heavy atom. The van der Waals surface area contributed by atoms with Gasteiger partial charge in [-0.05, 0) is 128 Å². The van der Waals surface area contributed by atoms with Crippen molar-refractivity contribution in [3.63, 3.8) is 0 Å². The molecule has 0 bridgehead atoms. The molecule has 0 fully saturated rings. The number of thiophene rings is 3. The number of benzene rings is 4. The SMILES string of the molecule is C1=C(c2sccc2-c2cc(-c3ccsc3-c3cc4ccccc4[nH]3)cc(-c3ccsc3-c3cc4ccccc4[nH]3)c2)Cc2ccccc21. The van der Waals surface area contributed by atoms with Crippen LogP contribution in [0, 0.1) is 0 Å². The second kappa shape index (κ2) is 11.2. The van der Waals surface area contributed by atoms with E-state index in [1.807, 2.05) is 11.3 Å². The average Bonchev–Trinajstić information content (AvgIpc) is 3.97. The van der Waals surface area contributed by atoms with E-state index in [9.17, 15) is 0 Å². The quantitative estimate of drug-likeness (QED) is 0.177. The van der Waals surface area contributed by atoms with Crippen LogP contribution in [-0.2, 0) is 6.42 Å². The minimum absolute atomic E-state index is 0.973. The summed E-state index contributed by atoms with van der Waals surface area (Å²) in [4.78, 5) is 11.3. The highest BCUT2D eigenvalue weighted by Gasteiger charge is 2.21. The summed E-state index contributed by atoms with van der Waals surface area (Å²) in [6.07, 6.45) is 3.36. The van der Waals surface area contributed by atoms with E-state index in [1.54, 1.807) is 22.7 Å². The molecule has 0 unspecified atom stereocenters. The minimum Gasteiger partial charge on any atom is -0.354 e. The van der Waals surface area contributed by atoms with Crippen LogP contribution >= 0.6 is 34.0 Å². The third-order valence-corrected chi connectivity index (χ3v) is 12.4. The lowest BCUT2D eigenvalue weighted by atomic mass is 9.92. The molecule has 0 radical (unpaired) electrons. The Labute approximate surface area is 290 Å². The fourth-order valence-electron chi connectivity index (χ4n) is 7.19. The maximum Gasteiger partial charge on any atom is 0.0583 e. The Morgan fingerprint density at radius 1 is 0.458 bits per heavy atom. The summed E-state index contributed by atoms with van der Waals surface area (Å²) in [7, 11) is 0. The summed E-state index contributed by atoms with van der Waals surface area (Å²) in [5.41, 5.74) is 16.3. The Hall–Kier alpha value is -5.20. The molecule has 48 heavy (non-hydrogen) atoms. The van der Waals surface area contributed by atoms with Crippen LogP contribution in [0.15, 0.2) is 137 Å². The fraction of sp³-hybridized carbons (Fsp3) is 0.0233. The Bertz CT molecular complexity index is 2470. The number of hydrogen-bond acceptors (Lipinski definition) is 3. The van der Waals surface area contributed by atoms with E-state index in [4.69, 9.17) is 0 Å². The predicted octanol–water partition coefficient (Wildman–Crippen LogP) is 13.3. The molecule has 10 rings (SSSR count). The second-order valence-electron chi connectivity index (χ2n) is 12.4. The monoisotopic (exact) mass is 668 g/mol. The zero-order valence-corrected chi connectivity index (χ0v) is 28.2. The first-order valence-corrected chi connectivity index (χ1v) is 18.7. The van der Waals surface area contributed by atoms with Crippen LogP contribution in [0.25, 0.3) is 88.0 Å². The van der Waals surface area contributed by atoms with Gasteiger partial charge in [0.2, 0.25) is 0 Å². The highest BCUT2D eigenvalue weighted by molar-refractivity contribution is 7.14. The van der Waals surface area contributed by atoms with E-state index >= 15 is 0 Å². The number of H-pyrrole nitrogens is 2.